The van der Waals surface area contributed by atoms with Gasteiger partial charge in [0, 0.05) is 25.7 Å². The zero-order valence-electron chi connectivity index (χ0n) is 22.1. The number of anilines is 1. The number of unbranched alkanes of at least 4 members (excludes halogenated alkanes) is 1. The standard InChI is InChI=1S/C26H36N4O4S2.ClH/c1-6-8-18-29(5)36(32,33)21-15-13-20(14-16-21)25(31)30(19-10-17-28(3)4)26-27-24-22(34-7-2)11-9-12-23(24)35-26;/h9,11-16H,6-8,10,17-19H2,1-5H3;1H. The second-order valence-corrected chi connectivity index (χ2v) is 11.9. The molecule has 0 unspecified atom stereocenters. The lowest BCUT2D eigenvalue weighted by Crippen LogP contribution is -2.33. The van der Waals surface area contributed by atoms with Gasteiger partial charge in [-0.2, -0.15) is 0 Å². The van der Waals surface area contributed by atoms with E-state index in [-0.39, 0.29) is 23.2 Å². The number of ether oxygens (including phenoxy) is 1. The smallest absolute Gasteiger partial charge is 0.260 e. The number of hydrogen-bond acceptors (Lipinski definition) is 7. The summed E-state index contributed by atoms with van der Waals surface area (Å²) in [7, 11) is 1.97. The molecule has 0 aliphatic rings. The van der Waals surface area contributed by atoms with E-state index in [0.29, 0.717) is 36.1 Å². The third-order valence-corrected chi connectivity index (χ3v) is 8.68. The molecule has 0 spiro atoms. The third-order valence-electron chi connectivity index (χ3n) is 5.77. The van der Waals surface area contributed by atoms with Crippen LogP contribution in [-0.4, -0.2) is 75.9 Å². The van der Waals surface area contributed by atoms with Crippen molar-refractivity contribution in [3.63, 3.8) is 0 Å². The predicted octanol–water partition coefficient (Wildman–Crippen LogP) is 5.14. The fraction of sp³-hybridized carbons (Fsp3) is 0.462. The molecule has 0 aliphatic heterocycles. The Bertz CT molecular complexity index is 1260. The maximum atomic E-state index is 13.6. The van der Waals surface area contributed by atoms with Gasteiger partial charge in [-0.15, -0.1) is 12.4 Å². The van der Waals surface area contributed by atoms with Gasteiger partial charge in [0.05, 0.1) is 16.2 Å². The number of aromatic nitrogens is 1. The van der Waals surface area contributed by atoms with E-state index in [4.69, 9.17) is 9.72 Å². The Balaban J connectivity index is 0.00000481. The minimum absolute atomic E-state index is 0. The average Bonchev–Trinajstić information content (AvgIpc) is 3.29. The molecular weight excluding hydrogens is 532 g/mol. The molecule has 0 radical (unpaired) electrons. The number of fused-ring (bicyclic) bond motifs is 1. The van der Waals surface area contributed by atoms with Crippen LogP contribution in [0.2, 0.25) is 0 Å². The van der Waals surface area contributed by atoms with E-state index in [1.807, 2.05) is 46.1 Å². The van der Waals surface area contributed by atoms with Crippen molar-refractivity contribution in [3.05, 3.63) is 48.0 Å². The summed E-state index contributed by atoms with van der Waals surface area (Å²) in [4.78, 5) is 22.3. The fourth-order valence-corrected chi connectivity index (χ4v) is 5.95. The first-order valence-corrected chi connectivity index (χ1v) is 14.5. The number of para-hydroxylation sites is 1. The highest BCUT2D eigenvalue weighted by Gasteiger charge is 2.24. The number of carbonyl (C=O) groups excluding carboxylic acids is 1. The normalized spacial score (nSPS) is 11.6. The highest BCUT2D eigenvalue weighted by molar-refractivity contribution is 7.89. The van der Waals surface area contributed by atoms with Crippen LogP contribution in [0.15, 0.2) is 47.4 Å². The summed E-state index contributed by atoms with van der Waals surface area (Å²) < 4.78 is 33.8. The number of carbonyl (C=O) groups is 1. The quantitative estimate of drug-likeness (QED) is 0.284. The van der Waals surface area contributed by atoms with Crippen LogP contribution < -0.4 is 9.64 Å². The number of sulfonamides is 1. The van der Waals surface area contributed by atoms with Crippen LogP contribution in [-0.2, 0) is 10.0 Å². The lowest BCUT2D eigenvalue weighted by Gasteiger charge is -2.21. The van der Waals surface area contributed by atoms with Crippen LogP contribution in [0.25, 0.3) is 10.2 Å². The van der Waals surface area contributed by atoms with Gasteiger partial charge in [-0.3, -0.25) is 9.69 Å². The molecular formula is C26H37ClN4O4S2. The van der Waals surface area contributed by atoms with E-state index in [0.717, 1.165) is 36.0 Å². The van der Waals surface area contributed by atoms with E-state index < -0.39 is 10.0 Å². The van der Waals surface area contributed by atoms with Gasteiger partial charge in [0.15, 0.2) is 5.13 Å². The molecule has 0 aliphatic carbocycles. The second kappa shape index (κ2) is 14.1. The molecule has 0 saturated heterocycles. The molecule has 1 aromatic heterocycles. The van der Waals surface area contributed by atoms with Crippen LogP contribution in [0.4, 0.5) is 5.13 Å². The monoisotopic (exact) mass is 568 g/mol. The fourth-order valence-electron chi connectivity index (χ4n) is 3.73. The largest absolute Gasteiger partial charge is 0.492 e. The number of amides is 1. The van der Waals surface area contributed by atoms with Gasteiger partial charge in [-0.25, -0.2) is 17.7 Å². The second-order valence-electron chi connectivity index (χ2n) is 8.85. The SMILES string of the molecule is CCCCN(C)S(=O)(=O)c1ccc(C(=O)N(CCCN(C)C)c2nc3c(OCC)cccc3s2)cc1.Cl. The molecule has 3 rings (SSSR count). The highest BCUT2D eigenvalue weighted by atomic mass is 35.5. The summed E-state index contributed by atoms with van der Waals surface area (Å²) in [6.45, 7) is 6.24. The van der Waals surface area contributed by atoms with E-state index in [1.165, 1.54) is 27.8 Å². The van der Waals surface area contributed by atoms with Gasteiger partial charge in [0.2, 0.25) is 10.0 Å². The number of benzene rings is 2. The van der Waals surface area contributed by atoms with Gasteiger partial charge in [0.1, 0.15) is 11.3 Å². The van der Waals surface area contributed by atoms with Crippen LogP contribution in [0.1, 0.15) is 43.5 Å². The Kier molecular flexibility index (Phi) is 11.8. The zero-order valence-corrected chi connectivity index (χ0v) is 24.6. The topological polar surface area (TPSA) is 83.1 Å². The maximum Gasteiger partial charge on any atom is 0.260 e. The third kappa shape index (κ3) is 7.64. The zero-order chi connectivity index (χ0) is 26.3. The van der Waals surface area contributed by atoms with Gasteiger partial charge < -0.3 is 9.64 Å². The Morgan fingerprint density at radius 3 is 2.30 bits per heavy atom. The first-order valence-electron chi connectivity index (χ1n) is 12.2. The van der Waals surface area contributed by atoms with E-state index in [2.05, 4.69) is 4.90 Å². The minimum atomic E-state index is -3.60. The molecule has 11 heteroatoms. The van der Waals surface area contributed by atoms with Crippen LogP contribution >= 0.6 is 23.7 Å². The molecule has 8 nitrogen and oxygen atoms in total. The van der Waals surface area contributed by atoms with Crippen LogP contribution in [0.5, 0.6) is 5.75 Å². The Labute approximate surface area is 230 Å². The molecule has 1 amide bonds. The molecule has 0 atom stereocenters. The van der Waals surface area contributed by atoms with Crippen molar-refractivity contribution < 1.29 is 17.9 Å². The number of rotatable bonds is 13. The Morgan fingerprint density at radius 2 is 1.68 bits per heavy atom. The van der Waals surface area contributed by atoms with Crippen molar-refractivity contribution >= 4 is 55.0 Å². The molecule has 0 fully saturated rings. The van der Waals surface area contributed by atoms with Crippen molar-refractivity contribution in [1.29, 1.82) is 0 Å². The minimum Gasteiger partial charge on any atom is -0.492 e. The number of thiazole rings is 1. The summed E-state index contributed by atoms with van der Waals surface area (Å²) in [5.41, 5.74) is 1.15. The van der Waals surface area contributed by atoms with E-state index >= 15 is 0 Å². The Morgan fingerprint density at radius 1 is 0.973 bits per heavy atom. The summed E-state index contributed by atoms with van der Waals surface area (Å²) >= 11 is 1.44. The maximum absolute atomic E-state index is 13.6. The molecule has 2 aromatic carbocycles. The van der Waals surface area contributed by atoms with E-state index in [1.54, 1.807) is 24.1 Å². The molecule has 0 saturated carbocycles. The van der Waals surface area contributed by atoms with Crippen molar-refractivity contribution in [3.8, 4) is 5.75 Å². The number of nitrogens with zero attached hydrogens (tertiary/aromatic N) is 4. The summed E-state index contributed by atoms with van der Waals surface area (Å²) in [5, 5.41) is 0.594. The van der Waals surface area contributed by atoms with Crippen LogP contribution in [0.3, 0.4) is 0 Å². The van der Waals surface area contributed by atoms with Gasteiger partial charge >= 0.3 is 0 Å². The highest BCUT2D eigenvalue weighted by Crippen LogP contribution is 2.35. The van der Waals surface area contributed by atoms with Crippen LogP contribution in [0, 0.1) is 0 Å². The summed E-state index contributed by atoms with van der Waals surface area (Å²) in [6, 6.07) is 12.0. The lowest BCUT2D eigenvalue weighted by atomic mass is 10.2. The molecule has 1 heterocycles. The van der Waals surface area contributed by atoms with Gasteiger partial charge in [-0.1, -0.05) is 30.7 Å². The first-order chi connectivity index (χ1) is 17.2. The van der Waals surface area contributed by atoms with Crippen molar-refractivity contribution in [2.75, 3.05) is 52.3 Å². The van der Waals surface area contributed by atoms with Crippen molar-refractivity contribution in [1.82, 2.24) is 14.2 Å². The summed E-state index contributed by atoms with van der Waals surface area (Å²) in [5.74, 6) is 0.481. The van der Waals surface area contributed by atoms with Crippen molar-refractivity contribution in [2.24, 2.45) is 0 Å². The molecule has 3 aromatic rings. The first kappa shape index (κ1) is 31.0. The predicted molar refractivity (Wildman–Crippen MR) is 154 cm³/mol. The number of hydrogen-bond donors (Lipinski definition) is 0. The average molecular weight is 569 g/mol. The lowest BCUT2D eigenvalue weighted by molar-refractivity contribution is 0.0986. The molecule has 0 N–H and O–H groups in total. The molecule has 0 bridgehead atoms. The molecule has 37 heavy (non-hydrogen) atoms. The van der Waals surface area contributed by atoms with Gasteiger partial charge in [-0.05, 0) is 76.8 Å². The molecule has 204 valence electrons. The summed E-state index contributed by atoms with van der Waals surface area (Å²) in [6.07, 6.45) is 2.47. The Hall–Kier alpha value is -2.24. The van der Waals surface area contributed by atoms with E-state index in [9.17, 15) is 13.2 Å². The van der Waals surface area contributed by atoms with Crippen molar-refractivity contribution in [2.45, 2.75) is 38.0 Å². The van der Waals surface area contributed by atoms with Gasteiger partial charge in [0.25, 0.3) is 5.91 Å². The number of halogens is 1.